The molecule has 1 aliphatic heterocycles. The van der Waals surface area contributed by atoms with Gasteiger partial charge in [0.1, 0.15) is 0 Å². The maximum absolute atomic E-state index is 12.7. The summed E-state index contributed by atoms with van der Waals surface area (Å²) in [6, 6.07) is 15.6. The lowest BCUT2D eigenvalue weighted by Gasteiger charge is -2.28. The molecule has 0 saturated carbocycles. The Bertz CT molecular complexity index is 761. The lowest BCUT2D eigenvalue weighted by atomic mass is 10.1. The van der Waals surface area contributed by atoms with Crippen molar-refractivity contribution in [2.75, 3.05) is 12.3 Å². The minimum Gasteiger partial charge on any atom is -0.291 e. The second kappa shape index (κ2) is 7.86. The van der Waals surface area contributed by atoms with E-state index in [0.717, 1.165) is 40.7 Å². The van der Waals surface area contributed by atoms with Crippen molar-refractivity contribution in [3.63, 3.8) is 0 Å². The Morgan fingerprint density at radius 1 is 1.25 bits per heavy atom. The van der Waals surface area contributed by atoms with Crippen LogP contribution in [0.1, 0.15) is 17.5 Å². The highest BCUT2D eigenvalue weighted by Gasteiger charge is 2.23. The monoisotopic (exact) mass is 358 g/mol. The van der Waals surface area contributed by atoms with E-state index >= 15 is 0 Å². The van der Waals surface area contributed by atoms with Crippen LogP contribution in [0.25, 0.3) is 0 Å². The molecule has 2 aromatic rings. The average molecular weight is 359 g/mol. The van der Waals surface area contributed by atoms with Crippen molar-refractivity contribution >= 4 is 40.1 Å². The minimum atomic E-state index is 0.0883. The number of amidine groups is 1. The Labute approximate surface area is 151 Å². The number of rotatable bonds is 3. The molecule has 0 N–H and O–H groups in total. The third-order valence-electron chi connectivity index (χ3n) is 3.87. The fourth-order valence-electron chi connectivity index (χ4n) is 2.51. The number of aliphatic imine (C=N–C) groups is 1. The SMILES string of the molecule is Cc1ccc(N=C2SCCCN2C(=O)Cc2ccccc2)cc1Cl. The molecule has 2 aromatic carbocycles. The Morgan fingerprint density at radius 3 is 2.79 bits per heavy atom. The van der Waals surface area contributed by atoms with Crippen LogP contribution in [0.2, 0.25) is 5.02 Å². The number of carbonyl (C=O) groups excluding carboxylic acids is 1. The molecule has 3 rings (SSSR count). The number of halogens is 1. The summed E-state index contributed by atoms with van der Waals surface area (Å²) in [5, 5.41) is 1.46. The summed E-state index contributed by atoms with van der Waals surface area (Å²) in [7, 11) is 0. The first-order chi connectivity index (χ1) is 11.6. The molecule has 24 heavy (non-hydrogen) atoms. The fraction of sp³-hybridized carbons (Fsp3) is 0.263. The number of benzene rings is 2. The van der Waals surface area contributed by atoms with Gasteiger partial charge in [-0.15, -0.1) is 0 Å². The first-order valence-electron chi connectivity index (χ1n) is 7.95. The number of thioether (sulfide) groups is 1. The van der Waals surface area contributed by atoms with Crippen LogP contribution in [-0.2, 0) is 11.2 Å². The molecule has 0 aliphatic carbocycles. The van der Waals surface area contributed by atoms with E-state index in [-0.39, 0.29) is 5.91 Å². The molecule has 1 fully saturated rings. The summed E-state index contributed by atoms with van der Waals surface area (Å²) in [4.78, 5) is 19.2. The number of amides is 1. The molecule has 1 heterocycles. The molecule has 124 valence electrons. The zero-order chi connectivity index (χ0) is 16.9. The number of carbonyl (C=O) groups is 1. The second-order valence-electron chi connectivity index (χ2n) is 5.74. The molecule has 0 aromatic heterocycles. The Balaban J connectivity index is 1.81. The van der Waals surface area contributed by atoms with Crippen LogP contribution in [-0.4, -0.2) is 28.3 Å². The maximum atomic E-state index is 12.7. The third-order valence-corrected chi connectivity index (χ3v) is 5.34. The molecule has 0 atom stereocenters. The summed E-state index contributed by atoms with van der Waals surface area (Å²) in [6.07, 6.45) is 1.38. The fourth-order valence-corrected chi connectivity index (χ4v) is 3.66. The first kappa shape index (κ1) is 17.1. The smallest absolute Gasteiger partial charge is 0.232 e. The van der Waals surface area contributed by atoms with Crippen LogP contribution in [0, 0.1) is 6.92 Å². The number of aryl methyl sites for hydroxylation is 1. The van der Waals surface area contributed by atoms with Crippen LogP contribution in [0.4, 0.5) is 5.69 Å². The highest BCUT2D eigenvalue weighted by atomic mass is 35.5. The second-order valence-corrected chi connectivity index (χ2v) is 7.21. The molecule has 3 nitrogen and oxygen atoms in total. The van der Waals surface area contributed by atoms with Crippen molar-refractivity contribution in [3.05, 3.63) is 64.7 Å². The lowest BCUT2D eigenvalue weighted by molar-refractivity contribution is -0.126. The van der Waals surface area contributed by atoms with Gasteiger partial charge in [0.2, 0.25) is 5.91 Å². The van der Waals surface area contributed by atoms with Gasteiger partial charge in [0.25, 0.3) is 0 Å². The number of hydrogen-bond donors (Lipinski definition) is 0. The predicted octanol–water partition coefficient (Wildman–Crippen LogP) is 4.84. The molecule has 5 heteroatoms. The van der Waals surface area contributed by atoms with Gasteiger partial charge < -0.3 is 0 Å². The van der Waals surface area contributed by atoms with Gasteiger partial charge in [-0.05, 0) is 36.6 Å². The van der Waals surface area contributed by atoms with Crippen LogP contribution < -0.4 is 0 Å². The minimum absolute atomic E-state index is 0.0883. The zero-order valence-electron chi connectivity index (χ0n) is 13.5. The zero-order valence-corrected chi connectivity index (χ0v) is 15.1. The van der Waals surface area contributed by atoms with Crippen LogP contribution in [0.3, 0.4) is 0 Å². The van der Waals surface area contributed by atoms with Crippen molar-refractivity contribution < 1.29 is 4.79 Å². The van der Waals surface area contributed by atoms with Crippen LogP contribution >= 0.6 is 23.4 Å². The van der Waals surface area contributed by atoms with Gasteiger partial charge in [-0.25, -0.2) is 4.99 Å². The van der Waals surface area contributed by atoms with Gasteiger partial charge >= 0.3 is 0 Å². The van der Waals surface area contributed by atoms with Crippen molar-refractivity contribution in [1.29, 1.82) is 0 Å². The van der Waals surface area contributed by atoms with Gasteiger partial charge in [0, 0.05) is 17.3 Å². The molecule has 1 aliphatic rings. The van der Waals surface area contributed by atoms with Crippen molar-refractivity contribution in [3.8, 4) is 0 Å². The average Bonchev–Trinajstić information content (AvgIpc) is 2.59. The van der Waals surface area contributed by atoms with Crippen molar-refractivity contribution in [2.45, 2.75) is 19.8 Å². The molecular weight excluding hydrogens is 340 g/mol. The van der Waals surface area contributed by atoms with Gasteiger partial charge in [-0.3, -0.25) is 9.69 Å². The van der Waals surface area contributed by atoms with E-state index in [2.05, 4.69) is 4.99 Å². The Hall–Kier alpha value is -1.78. The third kappa shape index (κ3) is 4.19. The topological polar surface area (TPSA) is 32.7 Å². The summed E-state index contributed by atoms with van der Waals surface area (Å²) >= 11 is 7.81. The van der Waals surface area contributed by atoms with Gasteiger partial charge in [-0.1, -0.05) is 59.8 Å². The molecule has 0 spiro atoms. The first-order valence-corrected chi connectivity index (χ1v) is 9.32. The molecule has 0 unspecified atom stereocenters. The van der Waals surface area contributed by atoms with Gasteiger partial charge in [0.05, 0.1) is 12.1 Å². The quantitative estimate of drug-likeness (QED) is 0.786. The van der Waals surface area contributed by atoms with E-state index in [1.165, 1.54) is 0 Å². The predicted molar refractivity (Wildman–Crippen MR) is 102 cm³/mol. The Kier molecular flexibility index (Phi) is 5.59. The molecule has 1 saturated heterocycles. The molecule has 0 radical (unpaired) electrons. The standard InChI is InChI=1S/C19H19ClN2OS/c1-14-8-9-16(13-17(14)20)21-19-22(10-5-11-24-19)18(23)12-15-6-3-2-4-7-15/h2-4,6-9,13H,5,10-12H2,1H3. The van der Waals surface area contributed by atoms with E-state index in [0.29, 0.717) is 11.4 Å². The Morgan fingerprint density at radius 2 is 2.04 bits per heavy atom. The summed E-state index contributed by atoms with van der Waals surface area (Å²) in [6.45, 7) is 2.68. The summed E-state index contributed by atoms with van der Waals surface area (Å²) in [5.41, 5.74) is 2.83. The van der Waals surface area contributed by atoms with E-state index in [1.54, 1.807) is 16.7 Å². The molecular formula is C19H19ClN2OS. The maximum Gasteiger partial charge on any atom is 0.232 e. The van der Waals surface area contributed by atoms with E-state index in [1.807, 2.05) is 55.5 Å². The highest BCUT2D eigenvalue weighted by Crippen LogP contribution is 2.26. The van der Waals surface area contributed by atoms with Gasteiger partial charge in [-0.2, -0.15) is 0 Å². The summed E-state index contributed by atoms with van der Waals surface area (Å²) in [5.74, 6) is 1.07. The van der Waals surface area contributed by atoms with Crippen LogP contribution in [0.5, 0.6) is 0 Å². The van der Waals surface area contributed by atoms with Crippen LogP contribution in [0.15, 0.2) is 53.5 Å². The molecule has 0 bridgehead atoms. The van der Waals surface area contributed by atoms with E-state index in [4.69, 9.17) is 11.6 Å². The van der Waals surface area contributed by atoms with Crippen molar-refractivity contribution in [2.24, 2.45) is 4.99 Å². The molecule has 1 amide bonds. The number of hydrogen-bond acceptors (Lipinski definition) is 3. The lowest BCUT2D eigenvalue weighted by Crippen LogP contribution is -2.40. The van der Waals surface area contributed by atoms with Gasteiger partial charge in [0.15, 0.2) is 5.17 Å². The number of nitrogens with zero attached hydrogens (tertiary/aromatic N) is 2. The van der Waals surface area contributed by atoms with E-state index in [9.17, 15) is 4.79 Å². The normalized spacial score (nSPS) is 16.4. The largest absolute Gasteiger partial charge is 0.291 e. The van der Waals surface area contributed by atoms with E-state index < -0.39 is 0 Å². The van der Waals surface area contributed by atoms with Crippen molar-refractivity contribution in [1.82, 2.24) is 4.90 Å². The summed E-state index contributed by atoms with van der Waals surface area (Å²) < 4.78 is 0. The highest BCUT2D eigenvalue weighted by molar-refractivity contribution is 8.13.